The summed E-state index contributed by atoms with van der Waals surface area (Å²) in [6.45, 7) is 2.14. The Hall–Kier alpha value is -2.50. The van der Waals surface area contributed by atoms with E-state index in [4.69, 9.17) is 0 Å². The number of piperidine rings is 1. The summed E-state index contributed by atoms with van der Waals surface area (Å²) in [4.78, 5) is 15.1. The van der Waals surface area contributed by atoms with Crippen molar-refractivity contribution in [2.75, 3.05) is 6.54 Å². The van der Waals surface area contributed by atoms with E-state index in [1.54, 1.807) is 23.5 Å². The van der Waals surface area contributed by atoms with Crippen molar-refractivity contribution >= 4 is 17.2 Å². The Morgan fingerprint density at radius 3 is 2.48 bits per heavy atom. The number of amides is 1. The first-order valence-corrected chi connectivity index (χ1v) is 11.0. The number of carbonyl (C=O) groups excluding carboxylic acids is 1. The molecule has 1 N–H and O–H groups in total. The van der Waals surface area contributed by atoms with Gasteiger partial charge in [-0.05, 0) is 70.6 Å². The minimum Gasteiger partial charge on any atom is -0.351 e. The van der Waals surface area contributed by atoms with E-state index in [2.05, 4.69) is 51.3 Å². The molecule has 1 unspecified atom stereocenters. The zero-order chi connectivity index (χ0) is 20.1. The average molecular weight is 409 g/mol. The van der Waals surface area contributed by atoms with Crippen molar-refractivity contribution in [1.82, 2.24) is 10.2 Å². The molecule has 3 aromatic rings. The van der Waals surface area contributed by atoms with Gasteiger partial charge in [-0.25, -0.2) is 4.39 Å². The van der Waals surface area contributed by atoms with E-state index in [0.717, 1.165) is 37.9 Å². The van der Waals surface area contributed by atoms with Gasteiger partial charge < -0.3 is 5.32 Å². The first-order chi connectivity index (χ1) is 14.2. The molecule has 1 fully saturated rings. The van der Waals surface area contributed by atoms with Gasteiger partial charge in [-0.2, -0.15) is 11.3 Å². The van der Waals surface area contributed by atoms with E-state index in [1.807, 2.05) is 0 Å². The van der Waals surface area contributed by atoms with Gasteiger partial charge in [-0.1, -0.05) is 42.8 Å². The van der Waals surface area contributed by atoms with Crippen molar-refractivity contribution in [2.24, 2.45) is 0 Å². The van der Waals surface area contributed by atoms with Crippen LogP contribution in [0.1, 0.15) is 30.4 Å². The summed E-state index contributed by atoms with van der Waals surface area (Å²) in [6, 6.07) is 16.9. The number of nitrogens with zero attached hydrogens (tertiary/aromatic N) is 1. The number of benzene rings is 2. The lowest BCUT2D eigenvalue weighted by Gasteiger charge is -2.34. The van der Waals surface area contributed by atoms with Gasteiger partial charge in [-0.15, -0.1) is 0 Å². The molecule has 1 amide bonds. The van der Waals surface area contributed by atoms with Crippen molar-refractivity contribution in [3.8, 4) is 11.1 Å². The van der Waals surface area contributed by atoms with Gasteiger partial charge in [0.05, 0.1) is 6.04 Å². The molecule has 0 saturated carbocycles. The lowest BCUT2D eigenvalue weighted by Crippen LogP contribution is -2.48. The standard InChI is InChI=1S/C24H25FN2OS/c25-22-10-6-18(7-11-22)15-26-24(28)23-3-1-2-13-27(23)16-19-4-8-20(9-5-19)21-12-14-29-17-21/h4-12,14,17,23H,1-3,13,15-16H2,(H,26,28). The van der Waals surface area contributed by atoms with E-state index < -0.39 is 0 Å². The third kappa shape index (κ3) is 5.11. The first kappa shape index (κ1) is 19.8. The van der Waals surface area contributed by atoms with Crippen molar-refractivity contribution in [3.05, 3.63) is 82.3 Å². The SMILES string of the molecule is O=C(NCc1ccc(F)cc1)C1CCCCN1Cc1ccc(-c2ccsc2)cc1. The zero-order valence-corrected chi connectivity index (χ0v) is 17.1. The smallest absolute Gasteiger partial charge is 0.237 e. The van der Waals surface area contributed by atoms with Crippen molar-refractivity contribution in [3.63, 3.8) is 0 Å². The zero-order valence-electron chi connectivity index (χ0n) is 16.3. The third-order valence-electron chi connectivity index (χ3n) is 5.49. The minimum absolute atomic E-state index is 0.0592. The molecule has 0 radical (unpaired) electrons. The molecular weight excluding hydrogens is 383 g/mol. The maximum Gasteiger partial charge on any atom is 0.237 e. The maximum absolute atomic E-state index is 13.0. The molecule has 5 heteroatoms. The molecule has 150 valence electrons. The highest BCUT2D eigenvalue weighted by molar-refractivity contribution is 7.08. The highest BCUT2D eigenvalue weighted by Crippen LogP contribution is 2.24. The van der Waals surface area contributed by atoms with Gasteiger partial charge in [0.1, 0.15) is 5.82 Å². The molecule has 0 bridgehead atoms. The van der Waals surface area contributed by atoms with Gasteiger partial charge in [0.2, 0.25) is 5.91 Å². The monoisotopic (exact) mass is 408 g/mol. The van der Waals surface area contributed by atoms with E-state index in [1.165, 1.54) is 28.8 Å². The molecule has 1 aromatic heterocycles. The summed E-state index contributed by atoms with van der Waals surface area (Å²) in [6.07, 6.45) is 3.07. The summed E-state index contributed by atoms with van der Waals surface area (Å²) < 4.78 is 13.0. The molecule has 2 aromatic carbocycles. The summed E-state index contributed by atoms with van der Waals surface area (Å²) in [7, 11) is 0. The van der Waals surface area contributed by atoms with Crippen LogP contribution in [-0.4, -0.2) is 23.4 Å². The van der Waals surface area contributed by atoms with Crippen molar-refractivity contribution < 1.29 is 9.18 Å². The van der Waals surface area contributed by atoms with Crippen molar-refractivity contribution in [2.45, 2.75) is 38.4 Å². The molecule has 3 nitrogen and oxygen atoms in total. The van der Waals surface area contributed by atoms with Crippen LogP contribution in [0.5, 0.6) is 0 Å². The van der Waals surface area contributed by atoms with Crippen LogP contribution in [0, 0.1) is 5.82 Å². The predicted molar refractivity (Wildman–Crippen MR) is 116 cm³/mol. The van der Waals surface area contributed by atoms with Gasteiger partial charge in [0, 0.05) is 13.1 Å². The summed E-state index contributed by atoms with van der Waals surface area (Å²) >= 11 is 1.70. The van der Waals surface area contributed by atoms with Crippen LogP contribution < -0.4 is 5.32 Å². The normalized spacial score (nSPS) is 17.2. The van der Waals surface area contributed by atoms with Gasteiger partial charge >= 0.3 is 0 Å². The Bertz CT molecular complexity index is 923. The summed E-state index contributed by atoms with van der Waals surface area (Å²) in [5.41, 5.74) is 4.60. The second-order valence-electron chi connectivity index (χ2n) is 7.54. The second kappa shape index (κ2) is 9.33. The number of carbonyl (C=O) groups is 1. The number of hydrogen-bond acceptors (Lipinski definition) is 3. The summed E-state index contributed by atoms with van der Waals surface area (Å²) in [5.74, 6) is -0.201. The van der Waals surface area contributed by atoms with E-state index in [-0.39, 0.29) is 17.8 Å². The Morgan fingerprint density at radius 2 is 1.76 bits per heavy atom. The number of likely N-dealkylation sites (tertiary alicyclic amines) is 1. The number of nitrogens with one attached hydrogen (secondary N) is 1. The predicted octanol–water partition coefficient (Wildman–Crippen LogP) is 5.23. The fourth-order valence-electron chi connectivity index (χ4n) is 3.85. The fourth-order valence-corrected chi connectivity index (χ4v) is 4.52. The fraction of sp³-hybridized carbons (Fsp3) is 0.292. The average Bonchev–Trinajstić information content (AvgIpc) is 3.29. The van der Waals surface area contributed by atoms with Crippen LogP contribution in [0.2, 0.25) is 0 Å². The van der Waals surface area contributed by atoms with E-state index in [0.29, 0.717) is 6.54 Å². The summed E-state index contributed by atoms with van der Waals surface area (Å²) in [5, 5.41) is 7.27. The van der Waals surface area contributed by atoms with Crippen LogP contribution in [-0.2, 0) is 17.9 Å². The Morgan fingerprint density at radius 1 is 1.00 bits per heavy atom. The molecule has 4 rings (SSSR count). The number of halogens is 1. The topological polar surface area (TPSA) is 32.3 Å². The molecule has 1 atom stereocenters. The van der Waals surface area contributed by atoms with Gasteiger partial charge in [0.15, 0.2) is 0 Å². The Balaban J connectivity index is 1.37. The maximum atomic E-state index is 13.0. The van der Waals surface area contributed by atoms with Gasteiger partial charge in [-0.3, -0.25) is 9.69 Å². The Kier molecular flexibility index (Phi) is 6.37. The number of hydrogen-bond donors (Lipinski definition) is 1. The lowest BCUT2D eigenvalue weighted by atomic mass is 9.99. The second-order valence-corrected chi connectivity index (χ2v) is 8.32. The Labute approximate surface area is 175 Å². The molecule has 1 aliphatic heterocycles. The largest absolute Gasteiger partial charge is 0.351 e. The third-order valence-corrected chi connectivity index (χ3v) is 6.17. The molecule has 29 heavy (non-hydrogen) atoms. The lowest BCUT2D eigenvalue weighted by molar-refractivity contribution is -0.128. The molecule has 2 heterocycles. The highest BCUT2D eigenvalue weighted by Gasteiger charge is 2.28. The molecule has 1 saturated heterocycles. The first-order valence-electron chi connectivity index (χ1n) is 10.1. The van der Waals surface area contributed by atoms with Crippen LogP contribution >= 0.6 is 11.3 Å². The molecule has 0 spiro atoms. The number of rotatable bonds is 6. The number of thiophene rings is 1. The van der Waals surface area contributed by atoms with Crippen LogP contribution in [0.4, 0.5) is 4.39 Å². The molecular formula is C24H25FN2OS. The van der Waals surface area contributed by atoms with E-state index >= 15 is 0 Å². The highest BCUT2D eigenvalue weighted by atomic mass is 32.1. The minimum atomic E-state index is -0.261. The molecule has 1 aliphatic rings. The van der Waals surface area contributed by atoms with E-state index in [9.17, 15) is 9.18 Å². The van der Waals surface area contributed by atoms with Crippen LogP contribution in [0.25, 0.3) is 11.1 Å². The quantitative estimate of drug-likeness (QED) is 0.606. The van der Waals surface area contributed by atoms with Gasteiger partial charge in [0.25, 0.3) is 0 Å². The van der Waals surface area contributed by atoms with Crippen LogP contribution in [0.15, 0.2) is 65.4 Å². The molecule has 0 aliphatic carbocycles. The van der Waals surface area contributed by atoms with Crippen LogP contribution in [0.3, 0.4) is 0 Å². The van der Waals surface area contributed by atoms with Crippen molar-refractivity contribution in [1.29, 1.82) is 0 Å².